The van der Waals surface area contributed by atoms with Crippen molar-refractivity contribution in [1.29, 1.82) is 0 Å². The fraction of sp³-hybridized carbons (Fsp3) is 0.429. The monoisotopic (exact) mass is 291 g/mol. The Morgan fingerprint density at radius 3 is 2.80 bits per heavy atom. The number of sulfone groups is 1. The second kappa shape index (κ2) is 5.46. The highest BCUT2D eigenvalue weighted by Crippen LogP contribution is 2.18. The van der Waals surface area contributed by atoms with E-state index in [0.29, 0.717) is 11.0 Å². The van der Waals surface area contributed by atoms with Crippen LogP contribution in [0.5, 0.6) is 0 Å². The summed E-state index contributed by atoms with van der Waals surface area (Å²) in [6.07, 6.45) is 3.35. The lowest BCUT2D eigenvalue weighted by molar-refractivity contribution is 0.403. The normalized spacial score (nSPS) is 20.1. The number of aromatic nitrogens is 2. The highest BCUT2D eigenvalue weighted by molar-refractivity contribution is 7.91. The summed E-state index contributed by atoms with van der Waals surface area (Å²) in [6.45, 7) is 1.74. The number of benzene rings is 1. The van der Waals surface area contributed by atoms with E-state index in [1.54, 1.807) is 6.07 Å². The van der Waals surface area contributed by atoms with E-state index in [-0.39, 0.29) is 16.7 Å². The molecule has 0 saturated carbocycles. The molecule has 1 aliphatic heterocycles. The van der Waals surface area contributed by atoms with Crippen LogP contribution in [0.1, 0.15) is 12.8 Å². The molecule has 0 spiro atoms. The van der Waals surface area contributed by atoms with Gasteiger partial charge in [-0.1, -0.05) is 12.1 Å². The Balaban J connectivity index is 1.88. The number of para-hydroxylation sites is 2. The summed E-state index contributed by atoms with van der Waals surface area (Å²) in [4.78, 5) is 8.42. The van der Waals surface area contributed by atoms with Crippen LogP contribution in [-0.2, 0) is 9.84 Å². The molecule has 2 heterocycles. The average Bonchev–Trinajstić information content (AvgIpc) is 2.47. The zero-order chi connectivity index (χ0) is 14.0. The lowest BCUT2D eigenvalue weighted by atomic mass is 10.0. The van der Waals surface area contributed by atoms with Crippen molar-refractivity contribution in [2.45, 2.75) is 17.9 Å². The van der Waals surface area contributed by atoms with Gasteiger partial charge in [0.05, 0.1) is 23.0 Å². The van der Waals surface area contributed by atoms with Gasteiger partial charge in [-0.25, -0.2) is 13.4 Å². The van der Waals surface area contributed by atoms with E-state index in [1.165, 1.54) is 6.20 Å². The fourth-order valence-electron chi connectivity index (χ4n) is 2.55. The molecule has 0 amide bonds. The molecule has 1 atom stereocenters. The van der Waals surface area contributed by atoms with E-state index in [0.717, 1.165) is 25.9 Å². The van der Waals surface area contributed by atoms with Crippen molar-refractivity contribution in [2.24, 2.45) is 5.92 Å². The largest absolute Gasteiger partial charge is 0.316 e. The smallest absolute Gasteiger partial charge is 0.197 e. The zero-order valence-corrected chi connectivity index (χ0v) is 11.9. The van der Waals surface area contributed by atoms with Crippen molar-refractivity contribution >= 4 is 20.9 Å². The number of fused-ring (bicyclic) bond motifs is 1. The van der Waals surface area contributed by atoms with Crippen LogP contribution < -0.4 is 5.32 Å². The number of nitrogens with zero attached hydrogens (tertiary/aromatic N) is 2. The van der Waals surface area contributed by atoms with Gasteiger partial charge in [-0.15, -0.1) is 0 Å². The van der Waals surface area contributed by atoms with E-state index in [9.17, 15) is 8.42 Å². The van der Waals surface area contributed by atoms with Gasteiger partial charge in [0.15, 0.2) is 14.9 Å². The van der Waals surface area contributed by atoms with E-state index in [4.69, 9.17) is 0 Å². The first-order chi connectivity index (χ1) is 9.65. The van der Waals surface area contributed by atoms with Crippen molar-refractivity contribution in [3.05, 3.63) is 30.5 Å². The van der Waals surface area contributed by atoms with Gasteiger partial charge < -0.3 is 5.32 Å². The summed E-state index contributed by atoms with van der Waals surface area (Å²) in [5.41, 5.74) is 1.33. The van der Waals surface area contributed by atoms with Crippen LogP contribution in [0.25, 0.3) is 11.0 Å². The fourth-order valence-corrected chi connectivity index (χ4v) is 4.08. The quantitative estimate of drug-likeness (QED) is 0.925. The molecule has 0 unspecified atom stereocenters. The molecule has 3 rings (SSSR count). The lowest BCUT2D eigenvalue weighted by Crippen LogP contribution is -2.34. The highest BCUT2D eigenvalue weighted by atomic mass is 32.2. The molecule has 20 heavy (non-hydrogen) atoms. The summed E-state index contributed by atoms with van der Waals surface area (Å²) >= 11 is 0. The second-order valence-electron chi connectivity index (χ2n) is 5.19. The Morgan fingerprint density at radius 1 is 1.25 bits per heavy atom. The highest BCUT2D eigenvalue weighted by Gasteiger charge is 2.24. The lowest BCUT2D eigenvalue weighted by Gasteiger charge is -2.22. The minimum Gasteiger partial charge on any atom is -0.316 e. The Bertz CT molecular complexity index is 709. The Kier molecular flexibility index (Phi) is 3.67. The molecule has 0 radical (unpaired) electrons. The van der Waals surface area contributed by atoms with Gasteiger partial charge in [0.2, 0.25) is 0 Å². The SMILES string of the molecule is O=S(=O)(C[C@@H]1CCCNC1)c1cnc2ccccc2n1. The molecule has 1 N–H and O–H groups in total. The van der Waals surface area contributed by atoms with Crippen molar-refractivity contribution < 1.29 is 8.42 Å². The van der Waals surface area contributed by atoms with Gasteiger partial charge in [0, 0.05) is 0 Å². The molecule has 106 valence electrons. The molecule has 5 nitrogen and oxygen atoms in total. The van der Waals surface area contributed by atoms with Crippen LogP contribution in [-0.4, -0.2) is 37.2 Å². The number of hydrogen-bond donors (Lipinski definition) is 1. The van der Waals surface area contributed by atoms with Gasteiger partial charge in [0.1, 0.15) is 0 Å². The maximum absolute atomic E-state index is 12.4. The van der Waals surface area contributed by atoms with Crippen LogP contribution in [0.3, 0.4) is 0 Å². The summed E-state index contributed by atoms with van der Waals surface area (Å²) in [6, 6.07) is 7.30. The van der Waals surface area contributed by atoms with Crippen LogP contribution in [0.15, 0.2) is 35.5 Å². The molecular formula is C14H17N3O2S. The van der Waals surface area contributed by atoms with Gasteiger partial charge in [0.25, 0.3) is 0 Å². The van der Waals surface area contributed by atoms with Crippen LogP contribution in [0.2, 0.25) is 0 Å². The number of nitrogens with one attached hydrogen (secondary N) is 1. The molecule has 6 heteroatoms. The first kappa shape index (κ1) is 13.5. The van der Waals surface area contributed by atoms with Gasteiger partial charge in [-0.2, -0.15) is 0 Å². The van der Waals surface area contributed by atoms with Crippen molar-refractivity contribution in [3.63, 3.8) is 0 Å². The third-order valence-corrected chi connectivity index (χ3v) is 5.34. The average molecular weight is 291 g/mol. The first-order valence-electron chi connectivity index (χ1n) is 6.80. The molecule has 2 aromatic rings. The van der Waals surface area contributed by atoms with E-state index >= 15 is 0 Å². The summed E-state index contributed by atoms with van der Waals surface area (Å²) in [5, 5.41) is 3.32. The van der Waals surface area contributed by atoms with Gasteiger partial charge >= 0.3 is 0 Å². The predicted octanol–water partition coefficient (Wildman–Crippen LogP) is 1.40. The molecule has 1 aromatic heterocycles. The Labute approximate surface area is 118 Å². The standard InChI is InChI=1S/C14H17N3O2S/c18-20(19,10-11-4-3-7-15-8-11)14-9-16-12-5-1-2-6-13(12)17-14/h1-2,5-6,9,11,15H,3-4,7-8,10H2/t11-/m1/s1. The third-order valence-electron chi connectivity index (χ3n) is 3.60. The topological polar surface area (TPSA) is 72.0 Å². The van der Waals surface area contributed by atoms with Crippen LogP contribution in [0.4, 0.5) is 0 Å². The van der Waals surface area contributed by atoms with Crippen molar-refractivity contribution in [2.75, 3.05) is 18.8 Å². The number of hydrogen-bond acceptors (Lipinski definition) is 5. The maximum Gasteiger partial charge on any atom is 0.197 e. The molecule has 0 bridgehead atoms. The summed E-state index contributed by atoms with van der Waals surface area (Å²) in [5.74, 6) is 0.314. The molecule has 1 saturated heterocycles. The van der Waals surface area contributed by atoms with Crippen LogP contribution >= 0.6 is 0 Å². The molecular weight excluding hydrogens is 274 g/mol. The maximum atomic E-state index is 12.4. The summed E-state index contributed by atoms with van der Waals surface area (Å²) < 4.78 is 24.8. The molecule has 1 aromatic carbocycles. The molecule has 1 aliphatic rings. The minimum atomic E-state index is -3.36. The molecule has 0 aliphatic carbocycles. The summed E-state index contributed by atoms with van der Waals surface area (Å²) in [7, 11) is -3.36. The first-order valence-corrected chi connectivity index (χ1v) is 8.46. The van der Waals surface area contributed by atoms with Gasteiger partial charge in [-0.3, -0.25) is 4.98 Å². The van der Waals surface area contributed by atoms with Gasteiger partial charge in [-0.05, 0) is 44.0 Å². The zero-order valence-electron chi connectivity index (χ0n) is 11.1. The van der Waals surface area contributed by atoms with Crippen molar-refractivity contribution in [3.8, 4) is 0 Å². The molecule has 1 fully saturated rings. The van der Waals surface area contributed by atoms with Crippen LogP contribution in [0, 0.1) is 5.92 Å². The predicted molar refractivity (Wildman–Crippen MR) is 77.2 cm³/mol. The Morgan fingerprint density at radius 2 is 2.05 bits per heavy atom. The van der Waals surface area contributed by atoms with E-state index < -0.39 is 9.84 Å². The second-order valence-corrected chi connectivity index (χ2v) is 7.17. The number of rotatable bonds is 3. The van der Waals surface area contributed by atoms with E-state index in [2.05, 4.69) is 15.3 Å². The van der Waals surface area contributed by atoms with Crippen molar-refractivity contribution in [1.82, 2.24) is 15.3 Å². The van der Waals surface area contributed by atoms with E-state index in [1.807, 2.05) is 18.2 Å². The Hall–Kier alpha value is -1.53. The number of piperidine rings is 1. The third kappa shape index (κ3) is 2.81. The minimum absolute atomic E-state index is 0.0850.